The first kappa shape index (κ1) is 28.3. The molecular weight excluding hydrogens is 572 g/mol. The molecule has 0 unspecified atom stereocenters. The smallest absolute Gasteiger partial charge is 0.302 e. The third-order valence-corrected chi connectivity index (χ3v) is 6.83. The van der Waals surface area contributed by atoms with Gasteiger partial charge in [0.05, 0.1) is 23.7 Å². The van der Waals surface area contributed by atoms with Crippen molar-refractivity contribution in [1.29, 1.82) is 0 Å². The number of nitrogens with zero attached hydrogens (tertiary/aromatic N) is 7. The zero-order valence-corrected chi connectivity index (χ0v) is 22.2. The lowest BCUT2D eigenvalue weighted by Crippen LogP contribution is -2.13. The highest BCUT2D eigenvalue weighted by Gasteiger charge is 2.37. The van der Waals surface area contributed by atoms with Crippen LogP contribution in [0.25, 0.3) is 22.8 Å². The standard InChI is InChI=1S/C27H20ClF6N7/c1-15(21-5-3-4-6-22(21)28)41-16(2)36-38-25(41)23-24(18-7-9-35-10-8-18)40(39-37-23)14-17-11-19(26(29,30)31)13-20(12-17)27(32,33)34/h3-13,15H,14H2,1-2H3/t15-/m1/s1. The maximum absolute atomic E-state index is 13.5. The Hall–Kier alpha value is -4.26. The molecule has 0 amide bonds. The van der Waals surface area contributed by atoms with E-state index in [1.165, 1.54) is 17.1 Å². The van der Waals surface area contributed by atoms with Crippen LogP contribution < -0.4 is 0 Å². The van der Waals surface area contributed by atoms with Crippen LogP contribution in [0.2, 0.25) is 5.02 Å². The van der Waals surface area contributed by atoms with Crippen LogP contribution in [-0.2, 0) is 18.9 Å². The van der Waals surface area contributed by atoms with E-state index in [-0.39, 0.29) is 29.2 Å². The van der Waals surface area contributed by atoms with Gasteiger partial charge in [-0.05, 0) is 61.4 Å². The van der Waals surface area contributed by atoms with Gasteiger partial charge in [0.1, 0.15) is 11.5 Å². The molecule has 0 aliphatic carbocycles. The van der Waals surface area contributed by atoms with E-state index >= 15 is 0 Å². The van der Waals surface area contributed by atoms with Gasteiger partial charge in [-0.25, -0.2) is 4.68 Å². The molecule has 2 aromatic carbocycles. The summed E-state index contributed by atoms with van der Waals surface area (Å²) >= 11 is 6.44. The van der Waals surface area contributed by atoms with E-state index in [0.717, 1.165) is 5.56 Å². The molecule has 3 heterocycles. The minimum atomic E-state index is -4.99. The lowest BCUT2D eigenvalue weighted by Gasteiger charge is -2.19. The Morgan fingerprint density at radius 1 is 0.854 bits per heavy atom. The fraction of sp³-hybridized carbons (Fsp3) is 0.222. The van der Waals surface area contributed by atoms with E-state index in [0.29, 0.717) is 34.2 Å². The molecule has 0 bridgehead atoms. The Kier molecular flexibility index (Phi) is 7.32. The first-order valence-corrected chi connectivity index (χ1v) is 12.5. The average Bonchev–Trinajstić information content (AvgIpc) is 3.51. The van der Waals surface area contributed by atoms with Crippen LogP contribution in [0.5, 0.6) is 0 Å². The van der Waals surface area contributed by atoms with E-state index in [4.69, 9.17) is 11.6 Å². The molecule has 5 aromatic rings. The summed E-state index contributed by atoms with van der Waals surface area (Å²) in [6.07, 6.45) is -6.99. The molecule has 0 aliphatic rings. The van der Waals surface area contributed by atoms with Gasteiger partial charge in [-0.15, -0.1) is 15.3 Å². The SMILES string of the molecule is Cc1nnc(-c2nnn(Cc3cc(C(F)(F)F)cc(C(F)(F)F)c3)c2-c2ccncc2)n1[C@H](C)c1ccccc1Cl. The lowest BCUT2D eigenvalue weighted by atomic mass is 10.0. The molecule has 1 atom stereocenters. The zero-order chi connectivity index (χ0) is 29.5. The summed E-state index contributed by atoms with van der Waals surface area (Å²) in [7, 11) is 0. The third-order valence-electron chi connectivity index (χ3n) is 6.49. The van der Waals surface area contributed by atoms with Crippen molar-refractivity contribution >= 4 is 11.6 Å². The van der Waals surface area contributed by atoms with Crippen molar-refractivity contribution in [3.8, 4) is 22.8 Å². The second-order valence-corrected chi connectivity index (χ2v) is 9.64. The first-order chi connectivity index (χ1) is 19.3. The van der Waals surface area contributed by atoms with Crippen LogP contribution in [0.15, 0.2) is 67.0 Å². The molecule has 5 rings (SSSR count). The normalized spacial score (nSPS) is 13.0. The van der Waals surface area contributed by atoms with Crippen molar-refractivity contribution < 1.29 is 26.3 Å². The van der Waals surface area contributed by atoms with Crippen molar-refractivity contribution in [2.45, 2.75) is 38.8 Å². The summed E-state index contributed by atoms with van der Waals surface area (Å²) in [6.45, 7) is 3.19. The third kappa shape index (κ3) is 5.67. The zero-order valence-electron chi connectivity index (χ0n) is 21.4. The topological polar surface area (TPSA) is 74.3 Å². The number of hydrogen-bond acceptors (Lipinski definition) is 5. The lowest BCUT2D eigenvalue weighted by molar-refractivity contribution is -0.143. The van der Waals surface area contributed by atoms with Crippen molar-refractivity contribution in [1.82, 2.24) is 34.7 Å². The maximum Gasteiger partial charge on any atom is 0.416 e. The monoisotopic (exact) mass is 591 g/mol. The quantitative estimate of drug-likeness (QED) is 0.194. The van der Waals surface area contributed by atoms with Gasteiger partial charge in [0.15, 0.2) is 11.5 Å². The molecule has 0 saturated heterocycles. The van der Waals surface area contributed by atoms with E-state index in [1.54, 1.807) is 35.8 Å². The number of halogens is 7. The molecule has 0 N–H and O–H groups in total. The molecule has 14 heteroatoms. The molecule has 212 valence electrons. The summed E-state index contributed by atoms with van der Waals surface area (Å²) in [5, 5.41) is 17.4. The number of aryl methyl sites for hydroxylation is 1. The summed E-state index contributed by atoms with van der Waals surface area (Å²) in [4.78, 5) is 4.00. The number of benzene rings is 2. The van der Waals surface area contributed by atoms with E-state index in [1.807, 2.05) is 19.1 Å². The minimum absolute atomic E-state index is 0.0847. The van der Waals surface area contributed by atoms with Crippen LogP contribution in [-0.4, -0.2) is 34.7 Å². The molecule has 0 saturated carbocycles. The van der Waals surface area contributed by atoms with Gasteiger partial charge in [0.2, 0.25) is 0 Å². The Labute approximate surface area is 234 Å². The highest BCUT2D eigenvalue weighted by Crippen LogP contribution is 2.38. The van der Waals surface area contributed by atoms with E-state index in [2.05, 4.69) is 25.5 Å². The number of rotatable bonds is 6. The highest BCUT2D eigenvalue weighted by molar-refractivity contribution is 6.31. The Morgan fingerprint density at radius 3 is 2.10 bits per heavy atom. The molecule has 41 heavy (non-hydrogen) atoms. The molecule has 7 nitrogen and oxygen atoms in total. The molecule has 0 fully saturated rings. The van der Waals surface area contributed by atoms with Gasteiger partial charge in [0.25, 0.3) is 0 Å². The minimum Gasteiger partial charge on any atom is -0.302 e. The van der Waals surface area contributed by atoms with Crippen LogP contribution >= 0.6 is 11.6 Å². The van der Waals surface area contributed by atoms with Crippen LogP contribution in [0.3, 0.4) is 0 Å². The van der Waals surface area contributed by atoms with Gasteiger partial charge in [0, 0.05) is 23.0 Å². The van der Waals surface area contributed by atoms with E-state index in [9.17, 15) is 26.3 Å². The van der Waals surface area contributed by atoms with Crippen LogP contribution in [0.4, 0.5) is 26.3 Å². The summed E-state index contributed by atoms with van der Waals surface area (Å²) in [5.41, 5.74) is -1.28. The molecule has 0 aliphatic heterocycles. The van der Waals surface area contributed by atoms with Crippen LogP contribution in [0.1, 0.15) is 41.0 Å². The fourth-order valence-corrected chi connectivity index (χ4v) is 4.89. The predicted octanol–water partition coefficient (Wildman–Crippen LogP) is 7.26. The summed E-state index contributed by atoms with van der Waals surface area (Å²) in [6, 6.07) is 11.5. The van der Waals surface area contributed by atoms with Gasteiger partial charge in [-0.2, -0.15) is 26.3 Å². The summed E-state index contributed by atoms with van der Waals surface area (Å²) < 4.78 is 84.0. The van der Waals surface area contributed by atoms with Crippen molar-refractivity contribution in [3.05, 3.63) is 100 Å². The number of hydrogen-bond donors (Lipinski definition) is 0. The summed E-state index contributed by atoms with van der Waals surface area (Å²) in [5.74, 6) is 0.809. The van der Waals surface area contributed by atoms with Crippen molar-refractivity contribution in [2.24, 2.45) is 0 Å². The first-order valence-electron chi connectivity index (χ1n) is 12.1. The molecular formula is C27H20ClF6N7. The predicted molar refractivity (Wildman–Crippen MR) is 138 cm³/mol. The Balaban J connectivity index is 1.66. The van der Waals surface area contributed by atoms with Crippen LogP contribution in [0, 0.1) is 6.92 Å². The van der Waals surface area contributed by atoms with E-state index < -0.39 is 30.0 Å². The van der Waals surface area contributed by atoms with Crippen molar-refractivity contribution in [3.63, 3.8) is 0 Å². The maximum atomic E-state index is 13.5. The number of alkyl halides is 6. The average molecular weight is 592 g/mol. The number of pyridine rings is 1. The molecule has 0 radical (unpaired) electrons. The second-order valence-electron chi connectivity index (χ2n) is 9.23. The van der Waals surface area contributed by atoms with Gasteiger partial charge in [-0.3, -0.25) is 4.98 Å². The Morgan fingerprint density at radius 2 is 1.49 bits per heavy atom. The Bertz CT molecular complexity index is 1660. The van der Waals surface area contributed by atoms with Crippen molar-refractivity contribution in [2.75, 3.05) is 0 Å². The highest BCUT2D eigenvalue weighted by atomic mass is 35.5. The second kappa shape index (κ2) is 10.6. The van der Waals surface area contributed by atoms with Gasteiger partial charge < -0.3 is 4.57 Å². The van der Waals surface area contributed by atoms with Gasteiger partial charge in [-0.1, -0.05) is 35.0 Å². The van der Waals surface area contributed by atoms with Gasteiger partial charge >= 0.3 is 12.4 Å². The largest absolute Gasteiger partial charge is 0.416 e. The number of aromatic nitrogens is 7. The fourth-order valence-electron chi connectivity index (χ4n) is 4.60. The molecule has 0 spiro atoms. The molecule has 3 aromatic heterocycles.